The molecule has 3 rings (SSSR count). The van der Waals surface area contributed by atoms with Crippen LogP contribution in [0.2, 0.25) is 0 Å². The number of hydrogen-bond acceptors (Lipinski definition) is 5. The second-order valence-corrected chi connectivity index (χ2v) is 8.94. The maximum Gasteiger partial charge on any atom is 0.295 e. The summed E-state index contributed by atoms with van der Waals surface area (Å²) in [5.41, 5.74) is 2.47. The number of hydrogen-bond donors (Lipinski definition) is 1. The van der Waals surface area contributed by atoms with Crippen molar-refractivity contribution in [3.8, 4) is 5.75 Å². The SMILES string of the molecule is Cc1ccc(C2C(=C(O)c3ccc(OCC(C)C)cc3)C(=O)C(=O)N2CCN(C)C)cc1. The Hall–Kier alpha value is -3.12. The predicted molar refractivity (Wildman–Crippen MR) is 126 cm³/mol. The number of nitrogens with zero attached hydrogens (tertiary/aromatic N) is 2. The van der Waals surface area contributed by atoms with Gasteiger partial charge in [0.1, 0.15) is 11.5 Å². The largest absolute Gasteiger partial charge is 0.507 e. The van der Waals surface area contributed by atoms with Gasteiger partial charge < -0.3 is 19.6 Å². The van der Waals surface area contributed by atoms with Crippen molar-refractivity contribution in [1.29, 1.82) is 0 Å². The fourth-order valence-electron chi connectivity index (χ4n) is 3.64. The molecule has 2 aromatic carbocycles. The molecule has 1 aliphatic rings. The van der Waals surface area contributed by atoms with E-state index >= 15 is 0 Å². The number of likely N-dealkylation sites (tertiary alicyclic amines) is 1. The van der Waals surface area contributed by atoms with Gasteiger partial charge in [-0.05, 0) is 56.8 Å². The smallest absolute Gasteiger partial charge is 0.295 e. The average molecular weight is 437 g/mol. The van der Waals surface area contributed by atoms with Crippen LogP contribution in [0.4, 0.5) is 0 Å². The summed E-state index contributed by atoms with van der Waals surface area (Å²) in [6.07, 6.45) is 0. The Morgan fingerprint density at radius 3 is 2.25 bits per heavy atom. The fourth-order valence-corrected chi connectivity index (χ4v) is 3.64. The number of carbonyl (C=O) groups excluding carboxylic acids is 2. The van der Waals surface area contributed by atoms with Gasteiger partial charge in [-0.3, -0.25) is 9.59 Å². The Kier molecular flexibility index (Phi) is 7.36. The van der Waals surface area contributed by atoms with Gasteiger partial charge in [-0.15, -0.1) is 0 Å². The van der Waals surface area contributed by atoms with Crippen molar-refractivity contribution in [3.05, 3.63) is 70.8 Å². The first kappa shape index (κ1) is 23.5. The van der Waals surface area contributed by atoms with Crippen molar-refractivity contribution in [2.75, 3.05) is 33.8 Å². The van der Waals surface area contributed by atoms with Gasteiger partial charge in [-0.2, -0.15) is 0 Å². The zero-order valence-electron chi connectivity index (χ0n) is 19.5. The molecule has 1 heterocycles. The van der Waals surface area contributed by atoms with Crippen LogP contribution in [0.25, 0.3) is 5.76 Å². The van der Waals surface area contributed by atoms with Crippen molar-refractivity contribution in [2.45, 2.75) is 26.8 Å². The van der Waals surface area contributed by atoms with Crippen LogP contribution in [0.15, 0.2) is 54.1 Å². The molecular formula is C26H32N2O4. The van der Waals surface area contributed by atoms with E-state index in [-0.39, 0.29) is 11.3 Å². The van der Waals surface area contributed by atoms with E-state index in [1.54, 1.807) is 29.2 Å². The molecule has 1 fully saturated rings. The molecular weight excluding hydrogens is 404 g/mol. The molecule has 1 unspecified atom stereocenters. The van der Waals surface area contributed by atoms with Crippen molar-refractivity contribution < 1.29 is 19.4 Å². The number of ether oxygens (including phenoxy) is 1. The van der Waals surface area contributed by atoms with Crippen LogP contribution in [0, 0.1) is 12.8 Å². The first-order chi connectivity index (χ1) is 15.2. The van der Waals surface area contributed by atoms with E-state index in [0.29, 0.717) is 36.9 Å². The summed E-state index contributed by atoms with van der Waals surface area (Å²) in [4.78, 5) is 29.4. The highest BCUT2D eigenvalue weighted by Gasteiger charge is 2.45. The number of Topliss-reactive ketones (excluding diaryl/α,β-unsaturated/α-hetero) is 1. The normalized spacial score (nSPS) is 18.1. The number of aryl methyl sites for hydroxylation is 1. The van der Waals surface area contributed by atoms with Crippen molar-refractivity contribution in [1.82, 2.24) is 9.80 Å². The number of ketones is 1. The number of aliphatic hydroxyl groups is 1. The summed E-state index contributed by atoms with van der Waals surface area (Å²) in [6.45, 7) is 7.71. The average Bonchev–Trinajstić information content (AvgIpc) is 3.01. The topological polar surface area (TPSA) is 70.1 Å². The van der Waals surface area contributed by atoms with E-state index < -0.39 is 17.7 Å². The predicted octanol–water partition coefficient (Wildman–Crippen LogP) is 4.01. The molecule has 0 radical (unpaired) electrons. The Bertz CT molecular complexity index is 991. The van der Waals surface area contributed by atoms with E-state index in [9.17, 15) is 14.7 Å². The molecule has 0 aromatic heterocycles. The van der Waals surface area contributed by atoms with E-state index in [2.05, 4.69) is 13.8 Å². The number of carbonyl (C=O) groups is 2. The first-order valence-electron chi connectivity index (χ1n) is 10.9. The third-order valence-corrected chi connectivity index (χ3v) is 5.43. The Labute approximate surface area is 190 Å². The maximum atomic E-state index is 13.0. The quantitative estimate of drug-likeness (QED) is 0.385. The summed E-state index contributed by atoms with van der Waals surface area (Å²) in [6, 6.07) is 14.0. The molecule has 1 aliphatic heterocycles. The fraction of sp³-hybridized carbons (Fsp3) is 0.385. The molecule has 6 nitrogen and oxygen atoms in total. The van der Waals surface area contributed by atoms with E-state index in [0.717, 1.165) is 11.1 Å². The summed E-state index contributed by atoms with van der Waals surface area (Å²) in [5.74, 6) is -0.327. The lowest BCUT2D eigenvalue weighted by Crippen LogP contribution is -2.35. The Morgan fingerprint density at radius 1 is 1.06 bits per heavy atom. The molecule has 170 valence electrons. The zero-order chi connectivity index (χ0) is 23.4. The van der Waals surface area contributed by atoms with Crippen molar-refractivity contribution in [2.24, 2.45) is 5.92 Å². The highest BCUT2D eigenvalue weighted by molar-refractivity contribution is 6.46. The van der Waals surface area contributed by atoms with E-state index in [1.807, 2.05) is 50.2 Å². The lowest BCUT2D eigenvalue weighted by Gasteiger charge is -2.26. The lowest BCUT2D eigenvalue weighted by molar-refractivity contribution is -0.140. The second-order valence-electron chi connectivity index (χ2n) is 8.94. The number of aliphatic hydroxyl groups excluding tert-OH is 1. The lowest BCUT2D eigenvalue weighted by atomic mass is 9.94. The van der Waals surface area contributed by atoms with Crippen molar-refractivity contribution >= 4 is 17.4 Å². The Morgan fingerprint density at radius 2 is 1.69 bits per heavy atom. The molecule has 2 aromatic rings. The van der Waals surface area contributed by atoms with Gasteiger partial charge in [0.05, 0.1) is 18.2 Å². The molecule has 0 spiro atoms. The monoisotopic (exact) mass is 436 g/mol. The minimum absolute atomic E-state index is 0.119. The number of likely N-dealkylation sites (N-methyl/N-ethyl adjacent to an activating group) is 1. The highest BCUT2D eigenvalue weighted by atomic mass is 16.5. The van der Waals surface area contributed by atoms with Crippen LogP contribution in [-0.2, 0) is 9.59 Å². The first-order valence-corrected chi connectivity index (χ1v) is 10.9. The molecule has 0 aliphatic carbocycles. The standard InChI is InChI=1S/C26H32N2O4/c1-17(2)16-32-21-12-10-20(11-13-21)24(29)22-23(19-8-6-18(3)7-9-19)28(15-14-27(4)5)26(31)25(22)30/h6-13,17,23,29H,14-16H2,1-5H3. The van der Waals surface area contributed by atoms with Gasteiger partial charge >= 0.3 is 0 Å². The van der Waals surface area contributed by atoms with E-state index in [1.165, 1.54) is 0 Å². The summed E-state index contributed by atoms with van der Waals surface area (Å²) in [5, 5.41) is 11.1. The number of amides is 1. The number of rotatable bonds is 8. The summed E-state index contributed by atoms with van der Waals surface area (Å²) >= 11 is 0. The van der Waals surface area contributed by atoms with Gasteiger partial charge in [0, 0.05) is 18.7 Å². The molecule has 6 heteroatoms. The number of benzene rings is 2. The molecule has 1 N–H and O–H groups in total. The molecule has 1 amide bonds. The summed E-state index contributed by atoms with van der Waals surface area (Å²) in [7, 11) is 3.83. The Balaban J connectivity index is 2.02. The van der Waals surface area contributed by atoms with Crippen LogP contribution >= 0.6 is 0 Å². The molecule has 32 heavy (non-hydrogen) atoms. The minimum Gasteiger partial charge on any atom is -0.507 e. The molecule has 1 saturated heterocycles. The third kappa shape index (κ3) is 5.19. The molecule has 0 bridgehead atoms. The third-order valence-electron chi connectivity index (χ3n) is 5.43. The van der Waals surface area contributed by atoms with Gasteiger partial charge in [-0.1, -0.05) is 43.7 Å². The van der Waals surface area contributed by atoms with Crippen LogP contribution in [0.3, 0.4) is 0 Å². The van der Waals surface area contributed by atoms with Gasteiger partial charge in [0.15, 0.2) is 0 Å². The maximum absolute atomic E-state index is 13.0. The summed E-state index contributed by atoms with van der Waals surface area (Å²) < 4.78 is 5.71. The second kappa shape index (κ2) is 10.0. The zero-order valence-corrected chi connectivity index (χ0v) is 19.5. The minimum atomic E-state index is -0.660. The van der Waals surface area contributed by atoms with Crippen LogP contribution in [0.1, 0.15) is 36.6 Å². The van der Waals surface area contributed by atoms with Gasteiger partial charge in [0.2, 0.25) is 0 Å². The van der Waals surface area contributed by atoms with Gasteiger partial charge in [0.25, 0.3) is 11.7 Å². The van der Waals surface area contributed by atoms with Gasteiger partial charge in [-0.25, -0.2) is 0 Å². The highest BCUT2D eigenvalue weighted by Crippen LogP contribution is 2.39. The van der Waals surface area contributed by atoms with Crippen molar-refractivity contribution in [3.63, 3.8) is 0 Å². The molecule has 1 atom stereocenters. The van der Waals surface area contributed by atoms with Crippen LogP contribution in [0.5, 0.6) is 5.75 Å². The van der Waals surface area contributed by atoms with Crippen LogP contribution in [-0.4, -0.2) is 60.4 Å². The van der Waals surface area contributed by atoms with E-state index in [4.69, 9.17) is 4.74 Å². The molecule has 0 saturated carbocycles. The van der Waals surface area contributed by atoms with Crippen LogP contribution < -0.4 is 4.74 Å².